The summed E-state index contributed by atoms with van der Waals surface area (Å²) >= 11 is 3.07. The van der Waals surface area contributed by atoms with Gasteiger partial charge in [0, 0.05) is 12.1 Å². The van der Waals surface area contributed by atoms with Crippen molar-refractivity contribution in [2.45, 2.75) is 0 Å². The topological polar surface area (TPSA) is 35.2 Å². The fourth-order valence-electron chi connectivity index (χ4n) is 1.32. The lowest BCUT2D eigenvalue weighted by Crippen LogP contribution is -1.97. The van der Waals surface area contributed by atoms with Gasteiger partial charge in [0.2, 0.25) is 0 Å². The van der Waals surface area contributed by atoms with Gasteiger partial charge in [-0.1, -0.05) is 0 Å². The Morgan fingerprint density at radius 2 is 1.67 bits per heavy atom. The zero-order chi connectivity index (χ0) is 13.3. The second kappa shape index (κ2) is 4.89. The van der Waals surface area contributed by atoms with Gasteiger partial charge in [-0.2, -0.15) is 0 Å². The van der Waals surface area contributed by atoms with Gasteiger partial charge in [0.25, 0.3) is 0 Å². The molecule has 0 heterocycles. The van der Waals surface area contributed by atoms with E-state index in [9.17, 15) is 13.2 Å². The first kappa shape index (κ1) is 12.8. The molecule has 0 radical (unpaired) electrons. The first-order chi connectivity index (χ1) is 8.47. The van der Waals surface area contributed by atoms with E-state index in [4.69, 9.17) is 10.5 Å². The first-order valence-electron chi connectivity index (χ1n) is 4.85. The molecule has 0 atom stereocenters. The fraction of sp³-hybridized carbons (Fsp3) is 0. The molecule has 0 spiro atoms. The number of rotatable bonds is 2. The molecule has 0 aliphatic heterocycles. The van der Waals surface area contributed by atoms with Gasteiger partial charge in [-0.25, -0.2) is 13.2 Å². The van der Waals surface area contributed by atoms with Crippen molar-refractivity contribution in [1.29, 1.82) is 0 Å². The Bertz CT molecular complexity index is 604. The Kier molecular flexibility index (Phi) is 3.47. The average molecular weight is 318 g/mol. The summed E-state index contributed by atoms with van der Waals surface area (Å²) < 4.78 is 44.6. The number of nitrogen functional groups attached to an aromatic ring is 1. The Balaban J connectivity index is 2.40. The zero-order valence-corrected chi connectivity index (χ0v) is 10.5. The van der Waals surface area contributed by atoms with E-state index in [2.05, 4.69) is 15.9 Å². The summed E-state index contributed by atoms with van der Waals surface area (Å²) in [5, 5.41) is 0. The van der Waals surface area contributed by atoms with Crippen molar-refractivity contribution >= 4 is 21.6 Å². The Morgan fingerprint density at radius 1 is 0.944 bits per heavy atom. The lowest BCUT2D eigenvalue weighted by molar-refractivity contribution is 0.467. The molecular weight excluding hydrogens is 311 g/mol. The molecule has 2 aromatic rings. The van der Waals surface area contributed by atoms with Gasteiger partial charge in [-0.15, -0.1) is 0 Å². The Labute approximate surface area is 109 Å². The standard InChI is InChI=1S/C12H7BrF3NO/c13-8-3-6(14)1-2-10(8)18-11-5-7(15)4-9(16)12(11)17/h1-5H,17H2. The molecule has 0 amide bonds. The maximum absolute atomic E-state index is 13.2. The van der Waals surface area contributed by atoms with Gasteiger partial charge < -0.3 is 10.5 Å². The van der Waals surface area contributed by atoms with Crippen LogP contribution in [-0.2, 0) is 0 Å². The van der Waals surface area contributed by atoms with Crippen LogP contribution in [-0.4, -0.2) is 0 Å². The van der Waals surface area contributed by atoms with Crippen molar-refractivity contribution in [3.8, 4) is 11.5 Å². The van der Waals surface area contributed by atoms with E-state index in [1.54, 1.807) is 0 Å². The summed E-state index contributed by atoms with van der Waals surface area (Å²) in [5.41, 5.74) is 5.11. The van der Waals surface area contributed by atoms with Crippen LogP contribution >= 0.6 is 15.9 Å². The normalized spacial score (nSPS) is 10.4. The van der Waals surface area contributed by atoms with Gasteiger partial charge in [-0.05, 0) is 34.1 Å². The minimum absolute atomic E-state index is 0.167. The molecule has 0 aliphatic carbocycles. The third-order valence-corrected chi connectivity index (χ3v) is 2.79. The highest BCUT2D eigenvalue weighted by Gasteiger charge is 2.12. The molecule has 0 unspecified atom stereocenters. The van der Waals surface area contributed by atoms with Crippen LogP contribution in [0.3, 0.4) is 0 Å². The van der Waals surface area contributed by atoms with E-state index in [0.29, 0.717) is 10.5 Å². The molecule has 0 aliphatic rings. The molecule has 6 heteroatoms. The third kappa shape index (κ3) is 2.59. The molecule has 0 saturated carbocycles. The van der Waals surface area contributed by atoms with E-state index in [1.807, 2.05) is 0 Å². The lowest BCUT2D eigenvalue weighted by Gasteiger charge is -2.10. The molecule has 0 fully saturated rings. The van der Waals surface area contributed by atoms with Crippen LogP contribution in [0.1, 0.15) is 0 Å². The Morgan fingerprint density at radius 3 is 2.33 bits per heavy atom. The van der Waals surface area contributed by atoms with Crippen molar-refractivity contribution in [3.63, 3.8) is 0 Å². The number of benzene rings is 2. The molecule has 2 rings (SSSR count). The van der Waals surface area contributed by atoms with Gasteiger partial charge in [0.05, 0.1) is 4.47 Å². The molecule has 94 valence electrons. The second-order valence-electron chi connectivity index (χ2n) is 3.48. The highest BCUT2D eigenvalue weighted by Crippen LogP contribution is 2.34. The van der Waals surface area contributed by atoms with Gasteiger partial charge in [-0.3, -0.25) is 0 Å². The van der Waals surface area contributed by atoms with E-state index in [-0.39, 0.29) is 17.2 Å². The molecule has 2 N–H and O–H groups in total. The molecule has 18 heavy (non-hydrogen) atoms. The van der Waals surface area contributed by atoms with Crippen LogP contribution in [0.5, 0.6) is 11.5 Å². The smallest absolute Gasteiger partial charge is 0.156 e. The molecular formula is C12H7BrF3NO. The molecule has 2 nitrogen and oxygen atoms in total. The maximum Gasteiger partial charge on any atom is 0.156 e. The summed E-state index contributed by atoms with van der Waals surface area (Å²) in [7, 11) is 0. The van der Waals surface area contributed by atoms with Crippen molar-refractivity contribution in [3.05, 3.63) is 52.3 Å². The zero-order valence-electron chi connectivity index (χ0n) is 8.88. The predicted octanol–water partition coefficient (Wildman–Crippen LogP) is 4.24. The number of hydrogen-bond acceptors (Lipinski definition) is 2. The van der Waals surface area contributed by atoms with Gasteiger partial charge >= 0.3 is 0 Å². The van der Waals surface area contributed by atoms with Crippen LogP contribution in [0.15, 0.2) is 34.8 Å². The summed E-state index contributed by atoms with van der Waals surface area (Å²) in [5.74, 6) is -2.15. The number of ether oxygens (including phenoxy) is 1. The highest BCUT2D eigenvalue weighted by atomic mass is 79.9. The summed E-state index contributed by atoms with van der Waals surface area (Å²) in [6, 6.07) is 5.25. The summed E-state index contributed by atoms with van der Waals surface area (Å²) in [6.07, 6.45) is 0. The van der Waals surface area contributed by atoms with Crippen LogP contribution in [0.25, 0.3) is 0 Å². The number of anilines is 1. The monoisotopic (exact) mass is 317 g/mol. The van der Waals surface area contributed by atoms with Crippen LogP contribution < -0.4 is 10.5 Å². The molecule has 0 saturated heterocycles. The largest absolute Gasteiger partial charge is 0.454 e. The summed E-state index contributed by atoms with van der Waals surface area (Å²) in [4.78, 5) is 0. The number of nitrogens with two attached hydrogens (primary N) is 1. The maximum atomic E-state index is 13.2. The predicted molar refractivity (Wildman–Crippen MR) is 64.9 cm³/mol. The highest BCUT2D eigenvalue weighted by molar-refractivity contribution is 9.10. The van der Waals surface area contributed by atoms with Crippen LogP contribution in [0, 0.1) is 17.5 Å². The average Bonchev–Trinajstić information content (AvgIpc) is 2.29. The fourth-order valence-corrected chi connectivity index (χ4v) is 1.75. The molecule has 0 bridgehead atoms. The van der Waals surface area contributed by atoms with E-state index in [1.165, 1.54) is 12.1 Å². The third-order valence-electron chi connectivity index (χ3n) is 2.17. The quantitative estimate of drug-likeness (QED) is 0.841. The van der Waals surface area contributed by atoms with E-state index < -0.39 is 17.5 Å². The SMILES string of the molecule is Nc1c(F)cc(F)cc1Oc1ccc(F)cc1Br. The van der Waals surface area contributed by atoms with E-state index in [0.717, 1.165) is 12.1 Å². The van der Waals surface area contributed by atoms with Gasteiger partial charge in [0.15, 0.2) is 11.6 Å². The van der Waals surface area contributed by atoms with Crippen molar-refractivity contribution in [1.82, 2.24) is 0 Å². The molecule has 0 aromatic heterocycles. The van der Waals surface area contributed by atoms with Crippen LogP contribution in [0.4, 0.5) is 18.9 Å². The Hall–Kier alpha value is -1.69. The van der Waals surface area contributed by atoms with Crippen molar-refractivity contribution in [2.24, 2.45) is 0 Å². The number of halogens is 4. The minimum Gasteiger partial charge on any atom is -0.454 e. The number of hydrogen-bond donors (Lipinski definition) is 1. The van der Waals surface area contributed by atoms with Crippen molar-refractivity contribution < 1.29 is 17.9 Å². The molecule has 2 aromatic carbocycles. The van der Waals surface area contributed by atoms with Crippen molar-refractivity contribution in [2.75, 3.05) is 5.73 Å². The lowest BCUT2D eigenvalue weighted by atomic mass is 10.2. The first-order valence-corrected chi connectivity index (χ1v) is 5.64. The van der Waals surface area contributed by atoms with E-state index >= 15 is 0 Å². The van der Waals surface area contributed by atoms with Gasteiger partial charge in [0.1, 0.15) is 23.1 Å². The van der Waals surface area contributed by atoms with Crippen LogP contribution in [0.2, 0.25) is 0 Å². The minimum atomic E-state index is -0.914. The second-order valence-corrected chi connectivity index (χ2v) is 4.33. The summed E-state index contributed by atoms with van der Waals surface area (Å²) in [6.45, 7) is 0.